The Kier molecular flexibility index (Phi) is 4.43. The van der Waals surface area contributed by atoms with Crippen LogP contribution in [0.1, 0.15) is 10.5 Å². The second-order valence-electron chi connectivity index (χ2n) is 4.83. The monoisotopic (exact) mass is 371 g/mol. The molecule has 116 valence electrons. The van der Waals surface area contributed by atoms with Gasteiger partial charge in [-0.25, -0.2) is 0 Å². The zero-order valence-electron chi connectivity index (χ0n) is 12.3. The molecule has 0 aliphatic rings. The van der Waals surface area contributed by atoms with Gasteiger partial charge >= 0.3 is 0 Å². The normalized spacial score (nSPS) is 10.3. The minimum absolute atomic E-state index is 0.273. The van der Waals surface area contributed by atoms with Gasteiger partial charge in [0.05, 0.1) is 18.5 Å². The molecule has 0 saturated heterocycles. The van der Waals surface area contributed by atoms with Gasteiger partial charge in [-0.15, -0.1) is 0 Å². The number of anilines is 1. The summed E-state index contributed by atoms with van der Waals surface area (Å²) in [4.78, 5) is 12.3. The lowest BCUT2D eigenvalue weighted by atomic mass is 10.1. The molecule has 0 fully saturated rings. The number of aromatic nitrogens is 2. The van der Waals surface area contributed by atoms with Crippen LogP contribution in [0.4, 0.5) is 5.69 Å². The fourth-order valence-electron chi connectivity index (χ4n) is 2.14. The molecule has 0 unspecified atom stereocenters. The molecule has 0 bridgehead atoms. The average molecular weight is 372 g/mol. The van der Waals surface area contributed by atoms with Crippen LogP contribution in [0.3, 0.4) is 0 Å². The van der Waals surface area contributed by atoms with Gasteiger partial charge in [-0.3, -0.25) is 9.89 Å². The summed E-state index contributed by atoms with van der Waals surface area (Å²) in [5.74, 6) is 0.332. The van der Waals surface area contributed by atoms with Crippen LogP contribution in [0.25, 0.3) is 11.3 Å². The van der Waals surface area contributed by atoms with Gasteiger partial charge in [0, 0.05) is 10.0 Å². The maximum atomic E-state index is 12.3. The number of halogens is 1. The van der Waals surface area contributed by atoms with E-state index in [0.717, 1.165) is 10.0 Å². The molecule has 0 saturated carbocycles. The van der Waals surface area contributed by atoms with Gasteiger partial charge < -0.3 is 10.1 Å². The van der Waals surface area contributed by atoms with Crippen LogP contribution >= 0.6 is 15.9 Å². The molecule has 0 aliphatic carbocycles. The highest BCUT2D eigenvalue weighted by Crippen LogP contribution is 2.24. The molecular weight excluding hydrogens is 358 g/mol. The third-order valence-corrected chi connectivity index (χ3v) is 3.85. The molecule has 0 atom stereocenters. The lowest BCUT2D eigenvalue weighted by Gasteiger charge is -2.08. The maximum absolute atomic E-state index is 12.3. The first-order valence-electron chi connectivity index (χ1n) is 6.93. The first-order valence-corrected chi connectivity index (χ1v) is 7.72. The Labute approximate surface area is 141 Å². The number of hydrogen-bond donors (Lipinski definition) is 2. The van der Waals surface area contributed by atoms with E-state index in [1.54, 1.807) is 25.3 Å². The number of benzene rings is 2. The second kappa shape index (κ2) is 6.66. The van der Waals surface area contributed by atoms with Crippen molar-refractivity contribution in [2.45, 2.75) is 0 Å². The van der Waals surface area contributed by atoms with E-state index in [2.05, 4.69) is 31.4 Å². The quantitative estimate of drug-likeness (QED) is 0.725. The molecule has 5 nitrogen and oxygen atoms in total. The van der Waals surface area contributed by atoms with E-state index in [9.17, 15) is 4.79 Å². The van der Waals surface area contributed by atoms with E-state index in [1.165, 1.54) is 0 Å². The van der Waals surface area contributed by atoms with Crippen LogP contribution in [-0.4, -0.2) is 23.2 Å². The fourth-order valence-corrected chi connectivity index (χ4v) is 2.41. The number of carbonyl (C=O) groups excluding carboxylic acids is 1. The number of para-hydroxylation sites is 2. The zero-order valence-corrected chi connectivity index (χ0v) is 13.9. The largest absolute Gasteiger partial charge is 0.495 e. The number of rotatable bonds is 4. The van der Waals surface area contributed by atoms with Crippen molar-refractivity contribution < 1.29 is 9.53 Å². The smallest absolute Gasteiger partial charge is 0.273 e. The number of nitrogens with one attached hydrogen (secondary N) is 2. The van der Waals surface area contributed by atoms with E-state index < -0.39 is 0 Å². The Balaban J connectivity index is 1.80. The van der Waals surface area contributed by atoms with Gasteiger partial charge in [-0.1, -0.05) is 40.2 Å². The third kappa shape index (κ3) is 3.43. The van der Waals surface area contributed by atoms with Crippen LogP contribution < -0.4 is 10.1 Å². The summed E-state index contributed by atoms with van der Waals surface area (Å²) >= 11 is 3.39. The van der Waals surface area contributed by atoms with E-state index in [1.807, 2.05) is 36.4 Å². The number of H-pyrrole nitrogens is 1. The van der Waals surface area contributed by atoms with Crippen molar-refractivity contribution >= 4 is 27.5 Å². The SMILES string of the molecule is COc1ccccc1NC(=O)c1cc(-c2ccc(Br)cc2)n[nH]1. The number of carbonyl (C=O) groups is 1. The predicted octanol–water partition coefficient (Wildman–Crippen LogP) is 4.10. The average Bonchev–Trinajstić information content (AvgIpc) is 3.06. The number of methoxy groups -OCH3 is 1. The molecule has 2 aromatic carbocycles. The van der Waals surface area contributed by atoms with Crippen LogP contribution in [0, 0.1) is 0 Å². The molecule has 0 radical (unpaired) electrons. The zero-order chi connectivity index (χ0) is 16.2. The molecule has 1 amide bonds. The molecule has 23 heavy (non-hydrogen) atoms. The van der Waals surface area contributed by atoms with Crippen molar-refractivity contribution in [2.24, 2.45) is 0 Å². The number of ether oxygens (including phenoxy) is 1. The van der Waals surface area contributed by atoms with Crippen molar-refractivity contribution in [2.75, 3.05) is 12.4 Å². The number of nitrogens with zero attached hydrogens (tertiary/aromatic N) is 1. The van der Waals surface area contributed by atoms with E-state index >= 15 is 0 Å². The Morgan fingerprint density at radius 1 is 1.17 bits per heavy atom. The highest BCUT2D eigenvalue weighted by molar-refractivity contribution is 9.10. The summed E-state index contributed by atoms with van der Waals surface area (Å²) in [7, 11) is 1.56. The van der Waals surface area contributed by atoms with Crippen LogP contribution in [-0.2, 0) is 0 Å². The maximum Gasteiger partial charge on any atom is 0.273 e. The van der Waals surface area contributed by atoms with Crippen molar-refractivity contribution in [3.05, 3.63) is 64.8 Å². The predicted molar refractivity (Wildman–Crippen MR) is 92.7 cm³/mol. The molecule has 0 aliphatic heterocycles. The molecule has 2 N–H and O–H groups in total. The van der Waals surface area contributed by atoms with Gasteiger partial charge in [0.1, 0.15) is 11.4 Å². The van der Waals surface area contributed by atoms with E-state index in [0.29, 0.717) is 22.8 Å². The summed E-state index contributed by atoms with van der Waals surface area (Å²) in [6.07, 6.45) is 0. The minimum atomic E-state index is -0.273. The molecule has 3 rings (SSSR count). The van der Waals surface area contributed by atoms with Gasteiger partial charge in [0.25, 0.3) is 5.91 Å². The van der Waals surface area contributed by atoms with Gasteiger partial charge in [0.15, 0.2) is 0 Å². The van der Waals surface area contributed by atoms with E-state index in [4.69, 9.17) is 4.74 Å². The summed E-state index contributed by atoms with van der Waals surface area (Å²) < 4.78 is 6.21. The van der Waals surface area contributed by atoms with Crippen LogP contribution in [0.2, 0.25) is 0 Å². The molecule has 0 spiro atoms. The standard InChI is InChI=1S/C17H14BrN3O2/c1-23-16-5-3-2-4-13(16)19-17(22)15-10-14(20-21-15)11-6-8-12(18)9-7-11/h2-10H,1H3,(H,19,22)(H,20,21). The molecule has 1 heterocycles. The first kappa shape index (κ1) is 15.3. The topological polar surface area (TPSA) is 67.0 Å². The highest BCUT2D eigenvalue weighted by atomic mass is 79.9. The second-order valence-corrected chi connectivity index (χ2v) is 5.74. The van der Waals surface area contributed by atoms with Crippen molar-refractivity contribution in [1.29, 1.82) is 0 Å². The minimum Gasteiger partial charge on any atom is -0.495 e. The van der Waals surface area contributed by atoms with Crippen LogP contribution in [0.15, 0.2) is 59.1 Å². The molecule has 6 heteroatoms. The summed E-state index contributed by atoms with van der Waals surface area (Å²) in [5.41, 5.74) is 2.64. The summed E-state index contributed by atoms with van der Waals surface area (Å²) in [6, 6.07) is 16.7. The van der Waals surface area contributed by atoms with Gasteiger partial charge in [-0.05, 0) is 30.3 Å². The molecular formula is C17H14BrN3O2. The summed E-state index contributed by atoms with van der Waals surface area (Å²) in [5, 5.41) is 9.76. The number of hydrogen-bond acceptors (Lipinski definition) is 3. The van der Waals surface area contributed by atoms with Gasteiger partial charge in [-0.2, -0.15) is 5.10 Å². The first-order chi connectivity index (χ1) is 11.2. The number of aromatic amines is 1. The van der Waals surface area contributed by atoms with Crippen molar-refractivity contribution in [3.8, 4) is 17.0 Å². The Bertz CT molecular complexity index is 828. The van der Waals surface area contributed by atoms with E-state index in [-0.39, 0.29) is 5.91 Å². The van der Waals surface area contributed by atoms with Crippen molar-refractivity contribution in [3.63, 3.8) is 0 Å². The molecule has 3 aromatic rings. The van der Waals surface area contributed by atoms with Crippen LogP contribution in [0.5, 0.6) is 5.75 Å². The Hall–Kier alpha value is -2.60. The Morgan fingerprint density at radius 2 is 1.91 bits per heavy atom. The molecule has 1 aromatic heterocycles. The fraction of sp³-hybridized carbons (Fsp3) is 0.0588. The third-order valence-electron chi connectivity index (χ3n) is 3.32. The number of amides is 1. The van der Waals surface area contributed by atoms with Crippen molar-refractivity contribution in [1.82, 2.24) is 10.2 Å². The lowest BCUT2D eigenvalue weighted by molar-refractivity contribution is 0.102. The van der Waals surface area contributed by atoms with Gasteiger partial charge in [0.2, 0.25) is 0 Å². The summed E-state index contributed by atoms with van der Waals surface area (Å²) in [6.45, 7) is 0. The highest BCUT2D eigenvalue weighted by Gasteiger charge is 2.13. The lowest BCUT2D eigenvalue weighted by Crippen LogP contribution is -2.13. The Morgan fingerprint density at radius 3 is 2.65 bits per heavy atom.